The van der Waals surface area contributed by atoms with E-state index in [1.165, 1.54) is 0 Å². The quantitative estimate of drug-likeness (QED) is 0.466. The normalized spacial score (nSPS) is 28.5. The standard InChI is InChI=1S/C21H18N2O4/c24-19-14-9-4-5-10-15(14)20(25)21(19)17(13-7-2-1-3-8-13)18(23(26)27)16-11-6-12-22(16)21/h1-5,7-10,16-18H,6,11-12H2/t16-,17-,18+/m1/s1. The number of rotatable bonds is 2. The molecule has 0 saturated carbocycles. The summed E-state index contributed by atoms with van der Waals surface area (Å²) in [5.74, 6) is -1.35. The molecule has 2 fully saturated rings. The second-order valence-electron chi connectivity index (χ2n) is 7.54. The van der Waals surface area contributed by atoms with Gasteiger partial charge in [-0.2, -0.15) is 0 Å². The molecule has 136 valence electrons. The minimum atomic E-state index is -1.50. The monoisotopic (exact) mass is 362 g/mol. The van der Waals surface area contributed by atoms with Crippen molar-refractivity contribution < 1.29 is 14.5 Å². The van der Waals surface area contributed by atoms with E-state index < -0.39 is 23.5 Å². The second kappa shape index (κ2) is 5.57. The Morgan fingerprint density at radius 1 is 0.963 bits per heavy atom. The number of carbonyl (C=O) groups is 2. The highest BCUT2D eigenvalue weighted by atomic mass is 16.6. The highest BCUT2D eigenvalue weighted by molar-refractivity contribution is 6.33. The van der Waals surface area contributed by atoms with Gasteiger partial charge >= 0.3 is 0 Å². The van der Waals surface area contributed by atoms with Crippen LogP contribution in [0.4, 0.5) is 0 Å². The van der Waals surface area contributed by atoms with Crippen molar-refractivity contribution in [3.05, 3.63) is 81.4 Å². The van der Waals surface area contributed by atoms with Gasteiger partial charge in [0, 0.05) is 22.6 Å². The molecule has 2 heterocycles. The van der Waals surface area contributed by atoms with E-state index in [0.29, 0.717) is 29.7 Å². The number of Topliss-reactive ketones (excluding diaryl/α,β-unsaturated/α-hetero) is 2. The first-order valence-electron chi connectivity index (χ1n) is 9.22. The zero-order chi connectivity index (χ0) is 18.8. The summed E-state index contributed by atoms with van der Waals surface area (Å²) in [5.41, 5.74) is -0.0384. The molecule has 0 N–H and O–H groups in total. The van der Waals surface area contributed by atoms with Crippen LogP contribution in [-0.2, 0) is 0 Å². The fraction of sp³-hybridized carbons (Fsp3) is 0.333. The van der Waals surface area contributed by atoms with E-state index in [2.05, 4.69) is 0 Å². The zero-order valence-electron chi connectivity index (χ0n) is 14.6. The first-order chi connectivity index (χ1) is 13.1. The molecule has 0 aromatic heterocycles. The topological polar surface area (TPSA) is 80.5 Å². The molecule has 1 spiro atoms. The lowest BCUT2D eigenvalue weighted by Crippen LogP contribution is -2.56. The number of hydrogen-bond acceptors (Lipinski definition) is 5. The highest BCUT2D eigenvalue weighted by Crippen LogP contribution is 2.55. The Bertz CT molecular complexity index is 936. The summed E-state index contributed by atoms with van der Waals surface area (Å²) < 4.78 is 0. The first kappa shape index (κ1) is 16.3. The van der Waals surface area contributed by atoms with Crippen LogP contribution in [0.1, 0.15) is 45.0 Å². The van der Waals surface area contributed by atoms with Crippen molar-refractivity contribution in [3.63, 3.8) is 0 Å². The fourth-order valence-electron chi connectivity index (χ4n) is 5.53. The average Bonchev–Trinajstić information content (AvgIpc) is 3.32. The van der Waals surface area contributed by atoms with Gasteiger partial charge in [0.1, 0.15) is 0 Å². The third-order valence-electron chi connectivity index (χ3n) is 6.45. The smallest absolute Gasteiger partial charge is 0.237 e. The summed E-state index contributed by atoms with van der Waals surface area (Å²) in [6.45, 7) is 0.532. The Kier molecular flexibility index (Phi) is 3.37. The van der Waals surface area contributed by atoms with Gasteiger partial charge in [0.05, 0.1) is 12.0 Å². The Morgan fingerprint density at radius 2 is 1.56 bits per heavy atom. The Morgan fingerprint density at radius 3 is 2.15 bits per heavy atom. The van der Waals surface area contributed by atoms with Crippen LogP contribution in [0.5, 0.6) is 0 Å². The minimum Gasteiger partial charge on any atom is -0.291 e. The molecule has 0 amide bonds. The van der Waals surface area contributed by atoms with Gasteiger partial charge in [-0.3, -0.25) is 24.6 Å². The SMILES string of the molecule is O=C1c2ccccc2C(=O)C12[C@H](c1ccccc1)[C@@H]([N+](=O)[O-])[C@H]1CCCN12. The molecule has 2 aromatic rings. The molecule has 6 heteroatoms. The third-order valence-corrected chi connectivity index (χ3v) is 6.45. The van der Waals surface area contributed by atoms with Crippen molar-refractivity contribution in [2.24, 2.45) is 0 Å². The summed E-state index contributed by atoms with van der Waals surface area (Å²) in [6.07, 6.45) is 1.39. The number of benzene rings is 2. The van der Waals surface area contributed by atoms with Crippen LogP contribution in [0.3, 0.4) is 0 Å². The number of nitro groups is 1. The molecule has 0 unspecified atom stereocenters. The number of hydrogen-bond donors (Lipinski definition) is 0. The van der Waals surface area contributed by atoms with Crippen molar-refractivity contribution in [2.75, 3.05) is 6.54 Å². The number of nitrogens with zero attached hydrogens (tertiary/aromatic N) is 2. The van der Waals surface area contributed by atoms with E-state index in [0.717, 1.165) is 6.42 Å². The van der Waals surface area contributed by atoms with Gasteiger partial charge in [0.15, 0.2) is 17.1 Å². The van der Waals surface area contributed by atoms with Gasteiger partial charge < -0.3 is 0 Å². The lowest BCUT2D eigenvalue weighted by atomic mass is 9.73. The van der Waals surface area contributed by atoms with E-state index in [-0.39, 0.29) is 16.5 Å². The zero-order valence-corrected chi connectivity index (χ0v) is 14.6. The molecule has 5 rings (SSSR count). The van der Waals surface area contributed by atoms with Crippen LogP contribution in [0.15, 0.2) is 54.6 Å². The molecule has 6 nitrogen and oxygen atoms in total. The molecule has 3 atom stereocenters. The molecule has 2 aromatic carbocycles. The van der Waals surface area contributed by atoms with Gasteiger partial charge in [0.25, 0.3) is 0 Å². The molecule has 1 aliphatic carbocycles. The van der Waals surface area contributed by atoms with Gasteiger partial charge in [-0.15, -0.1) is 0 Å². The van der Waals surface area contributed by atoms with E-state index in [9.17, 15) is 19.7 Å². The van der Waals surface area contributed by atoms with Crippen molar-refractivity contribution in [1.29, 1.82) is 0 Å². The molecule has 2 saturated heterocycles. The lowest BCUT2D eigenvalue weighted by Gasteiger charge is -2.34. The largest absolute Gasteiger partial charge is 0.291 e. The molecule has 27 heavy (non-hydrogen) atoms. The highest BCUT2D eigenvalue weighted by Gasteiger charge is 2.74. The molecule has 3 aliphatic rings. The van der Waals surface area contributed by atoms with Crippen LogP contribution in [0, 0.1) is 10.1 Å². The lowest BCUT2D eigenvalue weighted by molar-refractivity contribution is -0.527. The van der Waals surface area contributed by atoms with Gasteiger partial charge in [-0.05, 0) is 18.4 Å². The Labute approximate surface area is 155 Å². The molecule has 0 bridgehead atoms. The summed E-state index contributed by atoms with van der Waals surface area (Å²) in [4.78, 5) is 41.0. The second-order valence-corrected chi connectivity index (χ2v) is 7.54. The first-order valence-corrected chi connectivity index (χ1v) is 9.22. The van der Waals surface area contributed by atoms with Crippen molar-refractivity contribution in [2.45, 2.75) is 36.4 Å². The minimum absolute atomic E-state index is 0.279. The third kappa shape index (κ3) is 1.88. The van der Waals surface area contributed by atoms with Crippen molar-refractivity contribution in [3.8, 4) is 0 Å². The maximum absolute atomic E-state index is 13.6. The van der Waals surface area contributed by atoms with Crippen LogP contribution in [-0.4, -0.2) is 45.6 Å². The van der Waals surface area contributed by atoms with Crippen LogP contribution >= 0.6 is 0 Å². The molecular weight excluding hydrogens is 344 g/mol. The summed E-state index contributed by atoms with van der Waals surface area (Å²) >= 11 is 0. The summed E-state index contributed by atoms with van der Waals surface area (Å²) in [5, 5.41) is 12.1. The fourth-order valence-corrected chi connectivity index (χ4v) is 5.53. The van der Waals surface area contributed by atoms with Gasteiger partial charge in [-0.1, -0.05) is 54.6 Å². The van der Waals surface area contributed by atoms with Crippen molar-refractivity contribution >= 4 is 11.6 Å². The predicted octanol–water partition coefficient (Wildman–Crippen LogP) is 2.71. The van der Waals surface area contributed by atoms with E-state index in [1.807, 2.05) is 11.0 Å². The van der Waals surface area contributed by atoms with E-state index in [1.54, 1.807) is 48.5 Å². The van der Waals surface area contributed by atoms with Crippen LogP contribution in [0.2, 0.25) is 0 Å². The van der Waals surface area contributed by atoms with Crippen LogP contribution in [0.25, 0.3) is 0 Å². The summed E-state index contributed by atoms with van der Waals surface area (Å²) in [6, 6.07) is 14.5. The number of fused-ring (bicyclic) bond motifs is 3. The van der Waals surface area contributed by atoms with E-state index in [4.69, 9.17) is 0 Å². The van der Waals surface area contributed by atoms with Gasteiger partial charge in [-0.25, -0.2) is 0 Å². The van der Waals surface area contributed by atoms with Crippen molar-refractivity contribution in [1.82, 2.24) is 4.90 Å². The Hall–Kier alpha value is -2.86. The Balaban J connectivity index is 1.80. The molecule has 0 radical (unpaired) electrons. The average molecular weight is 362 g/mol. The molecule has 2 aliphatic heterocycles. The summed E-state index contributed by atoms with van der Waals surface area (Å²) in [7, 11) is 0. The van der Waals surface area contributed by atoms with Crippen LogP contribution < -0.4 is 0 Å². The number of carbonyl (C=O) groups excluding carboxylic acids is 2. The predicted molar refractivity (Wildman–Crippen MR) is 97.5 cm³/mol. The maximum atomic E-state index is 13.6. The molecular formula is C21H18N2O4. The number of ketones is 2. The van der Waals surface area contributed by atoms with E-state index >= 15 is 0 Å². The maximum Gasteiger partial charge on any atom is 0.237 e. The van der Waals surface area contributed by atoms with Gasteiger partial charge in [0.2, 0.25) is 6.04 Å².